The van der Waals surface area contributed by atoms with Gasteiger partial charge in [0.1, 0.15) is 25.0 Å². The molecule has 10 nitrogen and oxygen atoms in total. The second-order valence-corrected chi connectivity index (χ2v) is 11.8. The largest absolute Gasteiger partial charge is 0.497 e. The van der Waals surface area contributed by atoms with Gasteiger partial charge >= 0.3 is 0 Å². The van der Waals surface area contributed by atoms with Crippen molar-refractivity contribution in [3.63, 3.8) is 0 Å². The Morgan fingerprint density at radius 1 is 1.05 bits per heavy atom. The van der Waals surface area contributed by atoms with Gasteiger partial charge in [-0.3, -0.25) is 13.9 Å². The van der Waals surface area contributed by atoms with Gasteiger partial charge in [0.25, 0.3) is 0 Å². The molecular formula is C29H41N3O7S. The van der Waals surface area contributed by atoms with E-state index in [9.17, 15) is 18.0 Å². The summed E-state index contributed by atoms with van der Waals surface area (Å²) in [4.78, 5) is 28.4. The van der Waals surface area contributed by atoms with Crippen LogP contribution in [0.15, 0.2) is 42.5 Å². The maximum Gasteiger partial charge on any atom is 0.243 e. The van der Waals surface area contributed by atoms with E-state index in [0.717, 1.165) is 18.2 Å². The number of ether oxygens (including phenoxy) is 3. The van der Waals surface area contributed by atoms with E-state index in [4.69, 9.17) is 14.2 Å². The molecule has 0 bridgehead atoms. The molecule has 0 aromatic heterocycles. The highest BCUT2D eigenvalue weighted by Crippen LogP contribution is 2.34. The molecule has 2 atom stereocenters. The van der Waals surface area contributed by atoms with Gasteiger partial charge in [-0.25, -0.2) is 8.42 Å². The van der Waals surface area contributed by atoms with E-state index >= 15 is 0 Å². The van der Waals surface area contributed by atoms with Crippen LogP contribution in [0.4, 0.5) is 5.69 Å². The van der Waals surface area contributed by atoms with Crippen LogP contribution in [-0.4, -0.2) is 70.3 Å². The predicted octanol–water partition coefficient (Wildman–Crippen LogP) is 3.73. The van der Waals surface area contributed by atoms with Crippen molar-refractivity contribution < 1.29 is 32.2 Å². The summed E-state index contributed by atoms with van der Waals surface area (Å²) in [6.07, 6.45) is 2.66. The molecule has 11 heteroatoms. The Hall–Kier alpha value is -3.47. The van der Waals surface area contributed by atoms with Gasteiger partial charge in [0.15, 0.2) is 11.5 Å². The smallest absolute Gasteiger partial charge is 0.243 e. The molecule has 1 heterocycles. The minimum absolute atomic E-state index is 0.0235. The van der Waals surface area contributed by atoms with E-state index in [1.807, 2.05) is 45.0 Å². The van der Waals surface area contributed by atoms with E-state index in [0.29, 0.717) is 42.6 Å². The average molecular weight is 576 g/mol. The molecule has 0 saturated heterocycles. The summed E-state index contributed by atoms with van der Waals surface area (Å²) in [6.45, 7) is 6.92. The van der Waals surface area contributed by atoms with Crippen molar-refractivity contribution in [1.82, 2.24) is 10.2 Å². The van der Waals surface area contributed by atoms with Gasteiger partial charge in [0.2, 0.25) is 21.8 Å². The molecule has 40 heavy (non-hydrogen) atoms. The quantitative estimate of drug-likeness (QED) is 0.365. The van der Waals surface area contributed by atoms with Crippen molar-refractivity contribution in [2.45, 2.75) is 65.1 Å². The number of methoxy groups -OCH3 is 1. The Kier molecular flexibility index (Phi) is 11.1. The molecule has 0 unspecified atom stereocenters. The van der Waals surface area contributed by atoms with Crippen molar-refractivity contribution in [2.24, 2.45) is 0 Å². The topological polar surface area (TPSA) is 114 Å². The number of anilines is 1. The Morgan fingerprint density at radius 3 is 2.42 bits per heavy atom. The van der Waals surface area contributed by atoms with Crippen molar-refractivity contribution >= 4 is 27.5 Å². The third kappa shape index (κ3) is 8.27. The molecule has 0 radical (unpaired) electrons. The lowest BCUT2D eigenvalue weighted by atomic mass is 10.1. The van der Waals surface area contributed by atoms with Gasteiger partial charge < -0.3 is 24.4 Å². The van der Waals surface area contributed by atoms with Crippen LogP contribution in [0.2, 0.25) is 0 Å². The lowest BCUT2D eigenvalue weighted by Crippen LogP contribution is -2.50. The minimum atomic E-state index is -3.64. The molecule has 2 amide bonds. The first-order chi connectivity index (χ1) is 19.1. The molecule has 0 fully saturated rings. The number of benzene rings is 2. The number of fused-ring (bicyclic) bond motifs is 1. The molecule has 220 valence electrons. The third-order valence-corrected chi connectivity index (χ3v) is 8.03. The van der Waals surface area contributed by atoms with Crippen molar-refractivity contribution in [3.05, 3.63) is 48.0 Å². The summed E-state index contributed by atoms with van der Waals surface area (Å²) in [6, 6.07) is 11.7. The zero-order chi connectivity index (χ0) is 29.3. The van der Waals surface area contributed by atoms with Gasteiger partial charge in [0, 0.05) is 31.6 Å². The maximum atomic E-state index is 13.6. The summed E-state index contributed by atoms with van der Waals surface area (Å²) in [7, 11) is -2.06. The van der Waals surface area contributed by atoms with Crippen molar-refractivity contribution in [3.8, 4) is 17.2 Å². The van der Waals surface area contributed by atoms with Crippen LogP contribution in [0.5, 0.6) is 17.2 Å². The Morgan fingerprint density at radius 2 is 1.77 bits per heavy atom. The SMILES string of the molecule is CC[C@@H](C)NC(=O)[C@@H](CC)N(Cc1cccc(OC)c1)C(=O)CCCN(c1ccc2c(c1)OCCO2)S(C)(=O)=O. The first-order valence-electron chi connectivity index (χ1n) is 13.7. The monoisotopic (exact) mass is 575 g/mol. The van der Waals surface area contributed by atoms with Crippen molar-refractivity contribution in [1.29, 1.82) is 0 Å². The van der Waals surface area contributed by atoms with Crippen LogP contribution < -0.4 is 23.8 Å². The van der Waals surface area contributed by atoms with Crippen LogP contribution in [0.3, 0.4) is 0 Å². The second kappa shape index (κ2) is 14.2. The fraction of sp³-hybridized carbons (Fsp3) is 0.517. The minimum Gasteiger partial charge on any atom is -0.497 e. The normalized spacial score (nSPS) is 14.1. The Labute approximate surface area is 237 Å². The Balaban J connectivity index is 1.79. The third-order valence-electron chi connectivity index (χ3n) is 6.84. The Bertz CT molecular complexity index is 1270. The van der Waals surface area contributed by atoms with Gasteiger partial charge in [0.05, 0.1) is 19.1 Å². The van der Waals surface area contributed by atoms with E-state index in [1.54, 1.807) is 30.2 Å². The number of nitrogens with zero attached hydrogens (tertiary/aromatic N) is 2. The zero-order valence-electron chi connectivity index (χ0n) is 24.0. The number of amides is 2. The molecule has 1 aliphatic rings. The van der Waals surface area contributed by atoms with Gasteiger partial charge in [-0.05, 0) is 56.0 Å². The summed E-state index contributed by atoms with van der Waals surface area (Å²) in [5, 5.41) is 3.00. The van der Waals surface area contributed by atoms with Gasteiger partial charge in [-0.2, -0.15) is 0 Å². The molecule has 0 saturated carbocycles. The van der Waals surface area contributed by atoms with Crippen molar-refractivity contribution in [2.75, 3.05) is 37.4 Å². The second-order valence-electron chi connectivity index (χ2n) is 9.88. The number of hydrogen-bond acceptors (Lipinski definition) is 7. The van der Waals surface area contributed by atoms with E-state index in [1.165, 1.54) is 4.31 Å². The first kappa shape index (κ1) is 31.1. The van der Waals surface area contributed by atoms with E-state index < -0.39 is 16.1 Å². The maximum absolute atomic E-state index is 13.6. The van der Waals surface area contributed by atoms with E-state index in [2.05, 4.69) is 5.32 Å². The molecule has 1 aliphatic heterocycles. The molecule has 0 spiro atoms. The van der Waals surface area contributed by atoms with Gasteiger partial charge in [-0.1, -0.05) is 26.0 Å². The molecule has 2 aromatic rings. The number of carbonyl (C=O) groups is 2. The molecule has 3 rings (SSSR count). The molecule has 0 aliphatic carbocycles. The van der Waals surface area contributed by atoms with Crippen LogP contribution in [0.1, 0.15) is 52.0 Å². The summed E-state index contributed by atoms with van der Waals surface area (Å²) < 4.78 is 43.1. The number of nitrogens with one attached hydrogen (secondary N) is 1. The molecule has 1 N–H and O–H groups in total. The number of rotatable bonds is 14. The van der Waals surface area contributed by atoms with Crippen LogP contribution in [0, 0.1) is 0 Å². The standard InChI is InChI=1S/C29H41N3O7S/c1-6-21(3)30-29(34)25(7-2)31(20-22-10-8-11-24(18-22)37-4)28(33)12-9-15-32(40(5,35)36)23-13-14-26-27(19-23)39-17-16-38-26/h8,10-11,13-14,18-19,21,25H,6-7,9,12,15-17,20H2,1-5H3,(H,30,34)/t21-,25-/m1/s1. The van der Waals surface area contributed by atoms with Crippen LogP contribution in [0.25, 0.3) is 0 Å². The fourth-order valence-corrected chi connectivity index (χ4v) is 5.48. The summed E-state index contributed by atoms with van der Waals surface area (Å²) in [5.41, 5.74) is 1.27. The fourth-order valence-electron chi connectivity index (χ4n) is 4.52. The molecule has 2 aromatic carbocycles. The summed E-state index contributed by atoms with van der Waals surface area (Å²) in [5.74, 6) is 1.26. The lowest BCUT2D eigenvalue weighted by Gasteiger charge is -2.32. The van der Waals surface area contributed by atoms with Crippen LogP contribution >= 0.6 is 0 Å². The number of sulfonamides is 1. The zero-order valence-corrected chi connectivity index (χ0v) is 24.8. The highest BCUT2D eigenvalue weighted by molar-refractivity contribution is 7.92. The predicted molar refractivity (Wildman–Crippen MR) is 154 cm³/mol. The highest BCUT2D eigenvalue weighted by atomic mass is 32.2. The lowest BCUT2D eigenvalue weighted by molar-refractivity contribution is -0.141. The highest BCUT2D eigenvalue weighted by Gasteiger charge is 2.29. The van der Waals surface area contributed by atoms with E-state index in [-0.39, 0.29) is 43.8 Å². The number of hydrogen-bond donors (Lipinski definition) is 1. The van der Waals surface area contributed by atoms with Crippen LogP contribution in [-0.2, 0) is 26.2 Å². The average Bonchev–Trinajstić information content (AvgIpc) is 2.94. The number of carbonyl (C=O) groups excluding carboxylic acids is 2. The first-order valence-corrected chi connectivity index (χ1v) is 15.5. The summed E-state index contributed by atoms with van der Waals surface area (Å²) >= 11 is 0. The molecular weight excluding hydrogens is 534 g/mol. The van der Waals surface area contributed by atoms with Gasteiger partial charge in [-0.15, -0.1) is 0 Å².